The minimum atomic E-state index is 0.576. The summed E-state index contributed by atoms with van der Waals surface area (Å²) in [6.45, 7) is 3.65. The number of rotatable bonds is 2. The second kappa shape index (κ2) is 3.19. The van der Waals surface area contributed by atoms with Crippen LogP contribution in [0, 0.1) is 5.41 Å². The van der Waals surface area contributed by atoms with Gasteiger partial charge >= 0.3 is 0 Å². The standard InChI is InChI=1S/C9H11NO/c1-3-7-4-5-8(10)6-9(7)11-2/h3-4,6,10H,1,5H2,2H3. The van der Waals surface area contributed by atoms with E-state index >= 15 is 0 Å². The van der Waals surface area contributed by atoms with E-state index < -0.39 is 0 Å². The molecule has 0 atom stereocenters. The Balaban J connectivity index is 2.91. The fraction of sp³-hybridized carbons (Fsp3) is 0.222. The van der Waals surface area contributed by atoms with Crippen LogP contribution < -0.4 is 0 Å². The molecule has 2 heteroatoms. The molecule has 0 heterocycles. The molecule has 0 saturated heterocycles. The van der Waals surface area contributed by atoms with Gasteiger partial charge in [-0.25, -0.2) is 0 Å². The highest BCUT2D eigenvalue weighted by Gasteiger charge is 2.07. The van der Waals surface area contributed by atoms with Crippen LogP contribution in [0.25, 0.3) is 0 Å². The summed E-state index contributed by atoms with van der Waals surface area (Å²) < 4.78 is 5.05. The fourth-order valence-electron chi connectivity index (χ4n) is 0.982. The quantitative estimate of drug-likeness (QED) is 0.640. The Hall–Kier alpha value is -1.31. The first-order valence-corrected chi connectivity index (χ1v) is 3.44. The van der Waals surface area contributed by atoms with Crippen molar-refractivity contribution in [3.63, 3.8) is 0 Å². The number of allylic oxidation sites excluding steroid dienone is 3. The molecule has 1 aliphatic rings. The van der Waals surface area contributed by atoms with Crippen LogP contribution in [0.4, 0.5) is 0 Å². The Bertz CT molecular complexity index is 248. The minimum Gasteiger partial charge on any atom is -0.496 e. The highest BCUT2D eigenvalue weighted by atomic mass is 16.5. The van der Waals surface area contributed by atoms with Gasteiger partial charge in [-0.15, -0.1) is 0 Å². The van der Waals surface area contributed by atoms with Gasteiger partial charge in [0.2, 0.25) is 0 Å². The Morgan fingerprint density at radius 1 is 1.73 bits per heavy atom. The Morgan fingerprint density at radius 2 is 2.45 bits per heavy atom. The molecule has 0 aromatic heterocycles. The molecule has 0 aliphatic heterocycles. The molecule has 2 nitrogen and oxygen atoms in total. The van der Waals surface area contributed by atoms with E-state index in [4.69, 9.17) is 10.1 Å². The van der Waals surface area contributed by atoms with Crippen molar-refractivity contribution < 1.29 is 4.74 Å². The summed E-state index contributed by atoms with van der Waals surface area (Å²) in [4.78, 5) is 0. The molecular formula is C9H11NO. The molecule has 1 N–H and O–H groups in total. The maximum Gasteiger partial charge on any atom is 0.127 e. The fourth-order valence-corrected chi connectivity index (χ4v) is 0.982. The largest absolute Gasteiger partial charge is 0.496 e. The van der Waals surface area contributed by atoms with Gasteiger partial charge in [0, 0.05) is 23.8 Å². The summed E-state index contributed by atoms with van der Waals surface area (Å²) in [6.07, 6.45) is 6.07. The average Bonchev–Trinajstić information content (AvgIpc) is 2.04. The molecule has 0 unspecified atom stereocenters. The van der Waals surface area contributed by atoms with Crippen molar-refractivity contribution in [3.8, 4) is 0 Å². The number of hydrogen-bond donors (Lipinski definition) is 1. The summed E-state index contributed by atoms with van der Waals surface area (Å²) in [5.41, 5.74) is 1.55. The maximum absolute atomic E-state index is 7.35. The van der Waals surface area contributed by atoms with Gasteiger partial charge in [-0.1, -0.05) is 18.7 Å². The molecule has 0 spiro atoms. The van der Waals surface area contributed by atoms with Crippen LogP contribution in [0.2, 0.25) is 0 Å². The highest BCUT2D eigenvalue weighted by molar-refractivity contribution is 5.95. The van der Waals surface area contributed by atoms with Gasteiger partial charge in [-0.05, 0) is 0 Å². The van der Waals surface area contributed by atoms with Crippen LogP contribution in [0.3, 0.4) is 0 Å². The summed E-state index contributed by atoms with van der Waals surface area (Å²) in [5.74, 6) is 0.733. The number of ether oxygens (including phenoxy) is 1. The first-order chi connectivity index (χ1) is 5.27. The summed E-state index contributed by atoms with van der Waals surface area (Å²) in [6, 6.07) is 0. The third-order valence-corrected chi connectivity index (χ3v) is 1.57. The van der Waals surface area contributed by atoms with E-state index in [-0.39, 0.29) is 0 Å². The van der Waals surface area contributed by atoms with Crippen LogP contribution in [0.15, 0.2) is 36.1 Å². The number of methoxy groups -OCH3 is 1. The van der Waals surface area contributed by atoms with Crippen LogP contribution in [0.5, 0.6) is 0 Å². The van der Waals surface area contributed by atoms with Crippen LogP contribution >= 0.6 is 0 Å². The SMILES string of the molecule is C=CC1=CCC(=N)C=C1OC. The molecular weight excluding hydrogens is 138 g/mol. The Labute approximate surface area is 66.4 Å². The molecule has 0 aromatic rings. The first kappa shape index (κ1) is 7.79. The monoisotopic (exact) mass is 149 g/mol. The Kier molecular flexibility index (Phi) is 2.26. The van der Waals surface area contributed by atoms with E-state index in [2.05, 4.69) is 6.58 Å². The maximum atomic E-state index is 7.35. The first-order valence-electron chi connectivity index (χ1n) is 3.44. The van der Waals surface area contributed by atoms with E-state index in [0.717, 1.165) is 11.3 Å². The Morgan fingerprint density at radius 3 is 3.00 bits per heavy atom. The van der Waals surface area contributed by atoms with Crippen molar-refractivity contribution in [2.45, 2.75) is 6.42 Å². The average molecular weight is 149 g/mol. The van der Waals surface area contributed by atoms with Crippen molar-refractivity contribution in [3.05, 3.63) is 36.1 Å². The molecule has 11 heavy (non-hydrogen) atoms. The molecule has 0 aromatic carbocycles. The molecule has 0 fully saturated rings. The van der Waals surface area contributed by atoms with Crippen LogP contribution in [-0.2, 0) is 4.74 Å². The highest BCUT2D eigenvalue weighted by Crippen LogP contribution is 2.17. The molecule has 1 rings (SSSR count). The number of hydrogen-bond acceptors (Lipinski definition) is 2. The van der Waals surface area contributed by atoms with Crippen molar-refractivity contribution >= 4 is 5.71 Å². The molecule has 0 bridgehead atoms. The van der Waals surface area contributed by atoms with E-state index in [1.807, 2.05) is 6.08 Å². The molecule has 1 aliphatic carbocycles. The van der Waals surface area contributed by atoms with Gasteiger partial charge in [0.05, 0.1) is 7.11 Å². The van der Waals surface area contributed by atoms with Crippen molar-refractivity contribution in [2.24, 2.45) is 0 Å². The molecule has 0 saturated carbocycles. The lowest BCUT2D eigenvalue weighted by molar-refractivity contribution is 0.302. The van der Waals surface area contributed by atoms with Gasteiger partial charge in [0.25, 0.3) is 0 Å². The van der Waals surface area contributed by atoms with Crippen LogP contribution in [-0.4, -0.2) is 12.8 Å². The lowest BCUT2D eigenvalue weighted by Gasteiger charge is -2.11. The van der Waals surface area contributed by atoms with Gasteiger partial charge in [-0.3, -0.25) is 0 Å². The smallest absolute Gasteiger partial charge is 0.127 e. The molecule has 0 radical (unpaired) electrons. The zero-order valence-corrected chi connectivity index (χ0v) is 6.55. The minimum absolute atomic E-state index is 0.576. The van der Waals surface area contributed by atoms with Gasteiger partial charge in [0.15, 0.2) is 0 Å². The lowest BCUT2D eigenvalue weighted by atomic mass is 10.0. The second-order valence-corrected chi connectivity index (χ2v) is 2.31. The van der Waals surface area contributed by atoms with Crippen molar-refractivity contribution in [1.82, 2.24) is 0 Å². The predicted octanol–water partition coefficient (Wildman–Crippen LogP) is 2.05. The van der Waals surface area contributed by atoms with E-state index in [1.54, 1.807) is 19.3 Å². The van der Waals surface area contributed by atoms with Gasteiger partial charge in [0.1, 0.15) is 5.76 Å². The van der Waals surface area contributed by atoms with E-state index in [9.17, 15) is 0 Å². The van der Waals surface area contributed by atoms with E-state index in [0.29, 0.717) is 12.1 Å². The molecule has 0 amide bonds. The zero-order chi connectivity index (χ0) is 8.27. The second-order valence-electron chi connectivity index (χ2n) is 2.31. The third-order valence-electron chi connectivity index (χ3n) is 1.57. The van der Waals surface area contributed by atoms with Crippen molar-refractivity contribution in [2.75, 3.05) is 7.11 Å². The normalized spacial score (nSPS) is 17.0. The third kappa shape index (κ3) is 1.58. The van der Waals surface area contributed by atoms with Gasteiger partial charge in [-0.2, -0.15) is 0 Å². The summed E-state index contributed by atoms with van der Waals surface area (Å²) in [5, 5.41) is 7.35. The topological polar surface area (TPSA) is 33.1 Å². The lowest BCUT2D eigenvalue weighted by Crippen LogP contribution is -2.02. The number of nitrogens with one attached hydrogen (secondary N) is 1. The van der Waals surface area contributed by atoms with E-state index in [1.165, 1.54) is 0 Å². The summed E-state index contributed by atoms with van der Waals surface area (Å²) >= 11 is 0. The predicted molar refractivity (Wildman–Crippen MR) is 45.7 cm³/mol. The van der Waals surface area contributed by atoms with Crippen LogP contribution in [0.1, 0.15) is 6.42 Å². The summed E-state index contributed by atoms with van der Waals surface area (Å²) in [7, 11) is 1.60. The molecule has 58 valence electrons. The van der Waals surface area contributed by atoms with Crippen molar-refractivity contribution in [1.29, 1.82) is 5.41 Å². The zero-order valence-electron chi connectivity index (χ0n) is 6.55. The van der Waals surface area contributed by atoms with Gasteiger partial charge < -0.3 is 10.1 Å².